The second kappa shape index (κ2) is 4.61. The van der Waals surface area contributed by atoms with Crippen LogP contribution in [-0.4, -0.2) is 22.3 Å². The molecule has 0 spiro atoms. The second-order valence-electron chi connectivity index (χ2n) is 4.02. The Hall–Kier alpha value is -0.570. The van der Waals surface area contributed by atoms with Crippen LogP contribution in [-0.2, 0) is 4.79 Å². The Bertz CT molecular complexity index is 173. The predicted molar refractivity (Wildman–Crippen MR) is 49.4 cm³/mol. The van der Waals surface area contributed by atoms with Gasteiger partial charge in [-0.05, 0) is 25.7 Å². The molecular formula is C10H18O3. The number of carboxylic acid groups (broad SMARTS) is 1. The molecule has 2 N–H and O–H groups in total. The zero-order valence-corrected chi connectivity index (χ0v) is 8.07. The first-order chi connectivity index (χ1) is 6.13. The molecule has 0 unspecified atom stereocenters. The minimum atomic E-state index is -0.891. The third-order valence-corrected chi connectivity index (χ3v) is 3.03. The van der Waals surface area contributed by atoms with E-state index in [2.05, 4.69) is 0 Å². The molecule has 0 bridgehead atoms. The Morgan fingerprint density at radius 1 is 1.31 bits per heavy atom. The van der Waals surface area contributed by atoms with Crippen LogP contribution in [0.5, 0.6) is 0 Å². The summed E-state index contributed by atoms with van der Waals surface area (Å²) in [7, 11) is 0. The molecule has 0 saturated heterocycles. The van der Waals surface area contributed by atoms with Crippen molar-refractivity contribution in [1.29, 1.82) is 0 Å². The summed E-state index contributed by atoms with van der Waals surface area (Å²) in [5.74, 6) is -1.30. The van der Waals surface area contributed by atoms with Gasteiger partial charge in [-0.3, -0.25) is 4.79 Å². The fourth-order valence-electron chi connectivity index (χ4n) is 2.03. The average molecular weight is 186 g/mol. The molecule has 1 rings (SSSR count). The number of carbonyl (C=O) groups is 1. The van der Waals surface area contributed by atoms with Crippen LogP contribution in [0.2, 0.25) is 0 Å². The maximum Gasteiger partial charge on any atom is 0.308 e. The minimum Gasteiger partial charge on any atom is -0.481 e. The molecule has 76 valence electrons. The lowest BCUT2D eigenvalue weighted by Gasteiger charge is -2.28. The van der Waals surface area contributed by atoms with E-state index in [9.17, 15) is 9.90 Å². The lowest BCUT2D eigenvalue weighted by Crippen LogP contribution is -2.33. The van der Waals surface area contributed by atoms with E-state index < -0.39 is 18.0 Å². The van der Waals surface area contributed by atoms with Gasteiger partial charge in [-0.1, -0.05) is 19.3 Å². The van der Waals surface area contributed by atoms with Gasteiger partial charge in [0.15, 0.2) is 0 Å². The summed E-state index contributed by atoms with van der Waals surface area (Å²) in [4.78, 5) is 10.6. The van der Waals surface area contributed by atoms with Crippen molar-refractivity contribution in [2.24, 2.45) is 11.8 Å². The van der Waals surface area contributed by atoms with Crippen LogP contribution >= 0.6 is 0 Å². The number of hydrogen-bond donors (Lipinski definition) is 2. The highest BCUT2D eigenvalue weighted by Gasteiger charge is 2.29. The first kappa shape index (κ1) is 10.5. The van der Waals surface area contributed by atoms with Gasteiger partial charge in [0.1, 0.15) is 0 Å². The van der Waals surface area contributed by atoms with Gasteiger partial charge in [0.25, 0.3) is 0 Å². The predicted octanol–water partition coefficient (Wildman–Crippen LogP) is 1.65. The monoisotopic (exact) mass is 186 g/mol. The number of hydrogen-bond acceptors (Lipinski definition) is 2. The third kappa shape index (κ3) is 2.69. The summed E-state index contributed by atoms with van der Waals surface area (Å²) in [5, 5.41) is 18.5. The molecule has 0 aromatic rings. The summed E-state index contributed by atoms with van der Waals surface area (Å²) < 4.78 is 0. The van der Waals surface area contributed by atoms with Crippen molar-refractivity contribution in [3.05, 3.63) is 0 Å². The van der Waals surface area contributed by atoms with Crippen molar-refractivity contribution in [2.45, 2.75) is 45.1 Å². The molecule has 1 saturated carbocycles. The molecule has 1 fully saturated rings. The molecule has 0 amide bonds. The van der Waals surface area contributed by atoms with Crippen molar-refractivity contribution < 1.29 is 15.0 Å². The van der Waals surface area contributed by atoms with Crippen LogP contribution in [0.15, 0.2) is 0 Å². The molecule has 2 atom stereocenters. The summed E-state index contributed by atoms with van der Waals surface area (Å²) in [6.45, 7) is 1.58. The van der Waals surface area contributed by atoms with Gasteiger partial charge in [0.2, 0.25) is 0 Å². The van der Waals surface area contributed by atoms with E-state index in [1.807, 2.05) is 0 Å². The van der Waals surface area contributed by atoms with Crippen LogP contribution in [0.1, 0.15) is 39.0 Å². The maximum atomic E-state index is 10.6. The Kier molecular flexibility index (Phi) is 3.72. The van der Waals surface area contributed by atoms with Gasteiger partial charge < -0.3 is 10.2 Å². The van der Waals surface area contributed by atoms with Crippen molar-refractivity contribution in [3.8, 4) is 0 Å². The normalized spacial score (nSPS) is 23.8. The van der Waals surface area contributed by atoms with Gasteiger partial charge in [0, 0.05) is 0 Å². The van der Waals surface area contributed by atoms with E-state index in [-0.39, 0.29) is 5.92 Å². The highest BCUT2D eigenvalue weighted by molar-refractivity contribution is 5.70. The van der Waals surface area contributed by atoms with Gasteiger partial charge in [0.05, 0.1) is 12.0 Å². The quantitative estimate of drug-likeness (QED) is 0.704. The van der Waals surface area contributed by atoms with Crippen LogP contribution in [0.3, 0.4) is 0 Å². The number of rotatable bonds is 3. The second-order valence-corrected chi connectivity index (χ2v) is 4.02. The largest absolute Gasteiger partial charge is 0.481 e. The van der Waals surface area contributed by atoms with Crippen LogP contribution < -0.4 is 0 Å². The first-order valence-electron chi connectivity index (χ1n) is 5.04. The summed E-state index contributed by atoms with van der Waals surface area (Å²) in [5.41, 5.74) is 0. The highest BCUT2D eigenvalue weighted by atomic mass is 16.4. The minimum absolute atomic E-state index is 0.208. The average Bonchev–Trinajstić information content (AvgIpc) is 2.17. The SMILES string of the molecule is C[C@H](C(=O)O)[C@@H](O)C1CCCCC1. The van der Waals surface area contributed by atoms with Crippen molar-refractivity contribution in [2.75, 3.05) is 0 Å². The fraction of sp³-hybridized carbons (Fsp3) is 0.900. The van der Waals surface area contributed by atoms with Gasteiger partial charge in [-0.15, -0.1) is 0 Å². The lowest BCUT2D eigenvalue weighted by molar-refractivity contribution is -0.146. The summed E-state index contributed by atoms with van der Waals surface area (Å²) in [6, 6.07) is 0. The Labute approximate surface area is 78.8 Å². The van der Waals surface area contributed by atoms with Crippen LogP contribution in [0, 0.1) is 11.8 Å². The van der Waals surface area contributed by atoms with E-state index in [1.165, 1.54) is 6.42 Å². The molecule has 0 radical (unpaired) electrons. The van der Waals surface area contributed by atoms with Gasteiger partial charge >= 0.3 is 5.97 Å². The van der Waals surface area contributed by atoms with E-state index >= 15 is 0 Å². The molecule has 3 heteroatoms. The van der Waals surface area contributed by atoms with E-state index in [0.717, 1.165) is 25.7 Å². The van der Waals surface area contributed by atoms with Crippen molar-refractivity contribution in [3.63, 3.8) is 0 Å². The number of aliphatic hydroxyl groups is 1. The first-order valence-corrected chi connectivity index (χ1v) is 5.04. The number of carboxylic acids is 1. The topological polar surface area (TPSA) is 57.5 Å². The summed E-state index contributed by atoms with van der Waals surface area (Å²) >= 11 is 0. The van der Waals surface area contributed by atoms with E-state index in [4.69, 9.17) is 5.11 Å². The van der Waals surface area contributed by atoms with E-state index in [1.54, 1.807) is 6.92 Å². The van der Waals surface area contributed by atoms with E-state index in [0.29, 0.717) is 0 Å². The molecule has 3 nitrogen and oxygen atoms in total. The Morgan fingerprint density at radius 2 is 1.85 bits per heavy atom. The van der Waals surface area contributed by atoms with Crippen molar-refractivity contribution >= 4 is 5.97 Å². The smallest absolute Gasteiger partial charge is 0.308 e. The molecule has 0 heterocycles. The Morgan fingerprint density at radius 3 is 2.31 bits per heavy atom. The van der Waals surface area contributed by atoms with Gasteiger partial charge in [-0.25, -0.2) is 0 Å². The molecular weight excluding hydrogens is 168 g/mol. The lowest BCUT2D eigenvalue weighted by atomic mass is 9.81. The van der Waals surface area contributed by atoms with Gasteiger partial charge in [-0.2, -0.15) is 0 Å². The zero-order chi connectivity index (χ0) is 9.84. The molecule has 13 heavy (non-hydrogen) atoms. The zero-order valence-electron chi connectivity index (χ0n) is 8.07. The molecule has 1 aliphatic carbocycles. The highest BCUT2D eigenvalue weighted by Crippen LogP contribution is 2.29. The van der Waals surface area contributed by atoms with Crippen molar-refractivity contribution in [1.82, 2.24) is 0 Å². The third-order valence-electron chi connectivity index (χ3n) is 3.03. The number of aliphatic hydroxyl groups excluding tert-OH is 1. The molecule has 0 aromatic carbocycles. The fourth-order valence-corrected chi connectivity index (χ4v) is 2.03. The molecule has 0 aliphatic heterocycles. The van der Waals surface area contributed by atoms with Crippen LogP contribution in [0.4, 0.5) is 0 Å². The Balaban J connectivity index is 2.44. The molecule has 0 aromatic heterocycles. The van der Waals surface area contributed by atoms with Crippen LogP contribution in [0.25, 0.3) is 0 Å². The molecule has 1 aliphatic rings. The maximum absolute atomic E-state index is 10.6. The number of aliphatic carboxylic acids is 1. The summed E-state index contributed by atoms with van der Waals surface area (Å²) in [6.07, 6.45) is 4.81. The standard InChI is InChI=1S/C10H18O3/c1-7(10(12)13)9(11)8-5-3-2-4-6-8/h7-9,11H,2-6H2,1H3,(H,12,13)/t7-,9+/m0/s1.